The summed E-state index contributed by atoms with van der Waals surface area (Å²) in [5, 5.41) is 8.19. The SMILES string of the molecule is O=C=NCCCCCCNO. The molecule has 0 spiro atoms. The van der Waals surface area contributed by atoms with E-state index in [9.17, 15) is 4.79 Å². The molecule has 0 bridgehead atoms. The molecule has 0 heterocycles. The summed E-state index contributed by atoms with van der Waals surface area (Å²) < 4.78 is 0. The lowest BCUT2D eigenvalue weighted by Crippen LogP contribution is -2.07. The number of nitrogens with zero attached hydrogens (tertiary/aromatic N) is 1. The Labute approximate surface area is 66.3 Å². The number of nitrogens with one attached hydrogen (secondary N) is 1. The molecule has 0 aromatic heterocycles. The molecule has 0 aliphatic rings. The fourth-order valence-corrected chi connectivity index (χ4v) is 0.794. The lowest BCUT2D eigenvalue weighted by molar-refractivity contribution is 0.164. The van der Waals surface area contributed by atoms with E-state index in [0.717, 1.165) is 25.7 Å². The minimum atomic E-state index is 0.579. The number of unbranched alkanes of at least 4 members (excludes halogenated alkanes) is 3. The number of hydrogen-bond acceptors (Lipinski definition) is 4. The molecule has 0 atom stereocenters. The predicted octanol–water partition coefficient (Wildman–Crippen LogP) is 0.861. The van der Waals surface area contributed by atoms with Crippen LogP contribution in [0.4, 0.5) is 0 Å². The van der Waals surface area contributed by atoms with Gasteiger partial charge in [0.15, 0.2) is 0 Å². The fraction of sp³-hybridized carbons (Fsp3) is 0.857. The van der Waals surface area contributed by atoms with Crippen molar-refractivity contribution in [2.24, 2.45) is 4.99 Å². The van der Waals surface area contributed by atoms with Gasteiger partial charge in [-0.15, -0.1) is 0 Å². The van der Waals surface area contributed by atoms with Crippen LogP contribution in [0.15, 0.2) is 4.99 Å². The van der Waals surface area contributed by atoms with E-state index in [1.807, 2.05) is 0 Å². The standard InChI is InChI=1S/C7H14N2O2/c10-7-8-5-3-1-2-4-6-9-11/h9,11H,1-6H2. The molecule has 4 heteroatoms. The van der Waals surface area contributed by atoms with Crippen molar-refractivity contribution in [3.05, 3.63) is 0 Å². The highest BCUT2D eigenvalue weighted by molar-refractivity contribution is 5.32. The first-order chi connectivity index (χ1) is 5.41. The molecule has 0 unspecified atom stereocenters. The van der Waals surface area contributed by atoms with E-state index in [2.05, 4.69) is 10.5 Å². The zero-order valence-corrected chi connectivity index (χ0v) is 6.55. The Morgan fingerprint density at radius 3 is 2.64 bits per heavy atom. The molecule has 4 nitrogen and oxygen atoms in total. The molecule has 0 saturated heterocycles. The van der Waals surface area contributed by atoms with Gasteiger partial charge < -0.3 is 5.21 Å². The van der Waals surface area contributed by atoms with Crippen LogP contribution in [0.5, 0.6) is 0 Å². The number of carbonyl (C=O) groups excluding carboxylic acids is 1. The average Bonchev–Trinajstić information content (AvgIpc) is 2.03. The van der Waals surface area contributed by atoms with Crippen molar-refractivity contribution in [2.45, 2.75) is 25.7 Å². The molecule has 2 N–H and O–H groups in total. The maximum Gasteiger partial charge on any atom is 0.234 e. The molecule has 0 saturated carbocycles. The Hall–Kier alpha value is -0.700. The fourth-order valence-electron chi connectivity index (χ4n) is 0.794. The van der Waals surface area contributed by atoms with Crippen molar-refractivity contribution >= 4 is 6.08 Å². The van der Waals surface area contributed by atoms with Gasteiger partial charge in [0.25, 0.3) is 0 Å². The second kappa shape index (κ2) is 9.30. The van der Waals surface area contributed by atoms with E-state index in [1.165, 1.54) is 6.08 Å². The van der Waals surface area contributed by atoms with Crippen LogP contribution < -0.4 is 5.48 Å². The highest BCUT2D eigenvalue weighted by Crippen LogP contribution is 1.98. The molecule has 0 radical (unpaired) electrons. The maximum atomic E-state index is 9.61. The van der Waals surface area contributed by atoms with E-state index in [4.69, 9.17) is 5.21 Å². The van der Waals surface area contributed by atoms with Gasteiger partial charge in [-0.25, -0.2) is 15.3 Å². The van der Waals surface area contributed by atoms with Gasteiger partial charge in [-0.05, 0) is 12.8 Å². The predicted molar refractivity (Wildman–Crippen MR) is 41.2 cm³/mol. The summed E-state index contributed by atoms with van der Waals surface area (Å²) in [5.41, 5.74) is 2.08. The maximum absolute atomic E-state index is 9.61. The Balaban J connectivity index is 2.84. The third-order valence-electron chi connectivity index (χ3n) is 1.37. The van der Waals surface area contributed by atoms with Gasteiger partial charge in [-0.3, -0.25) is 0 Å². The number of hydrogen-bond donors (Lipinski definition) is 2. The van der Waals surface area contributed by atoms with E-state index in [0.29, 0.717) is 13.1 Å². The molecular weight excluding hydrogens is 144 g/mol. The van der Waals surface area contributed by atoms with Crippen molar-refractivity contribution in [3.8, 4) is 0 Å². The highest BCUT2D eigenvalue weighted by Gasteiger charge is 1.87. The molecular formula is C7H14N2O2. The van der Waals surface area contributed by atoms with Crippen LogP contribution in [0.25, 0.3) is 0 Å². The summed E-state index contributed by atoms with van der Waals surface area (Å²) in [6, 6.07) is 0. The van der Waals surface area contributed by atoms with Crippen LogP contribution in [-0.4, -0.2) is 24.4 Å². The quantitative estimate of drug-likeness (QED) is 0.250. The molecule has 0 amide bonds. The summed E-state index contributed by atoms with van der Waals surface area (Å²) in [6.07, 6.45) is 5.49. The molecule has 0 aromatic carbocycles. The molecule has 11 heavy (non-hydrogen) atoms. The monoisotopic (exact) mass is 158 g/mol. The smallest absolute Gasteiger partial charge is 0.234 e. The summed E-state index contributed by atoms with van der Waals surface area (Å²) in [4.78, 5) is 13.0. The van der Waals surface area contributed by atoms with E-state index < -0.39 is 0 Å². The third-order valence-corrected chi connectivity index (χ3v) is 1.37. The zero-order chi connectivity index (χ0) is 8.36. The van der Waals surface area contributed by atoms with Crippen molar-refractivity contribution in [1.82, 2.24) is 5.48 Å². The Kier molecular flexibility index (Phi) is 8.71. The van der Waals surface area contributed by atoms with Gasteiger partial charge in [0.2, 0.25) is 6.08 Å². The minimum Gasteiger partial charge on any atom is -0.317 e. The first-order valence-corrected chi connectivity index (χ1v) is 3.82. The van der Waals surface area contributed by atoms with Gasteiger partial charge in [-0.2, -0.15) is 0 Å². The first-order valence-electron chi connectivity index (χ1n) is 3.82. The summed E-state index contributed by atoms with van der Waals surface area (Å²) in [7, 11) is 0. The lowest BCUT2D eigenvalue weighted by atomic mass is 10.2. The summed E-state index contributed by atoms with van der Waals surface area (Å²) in [5.74, 6) is 0. The second-order valence-electron chi connectivity index (χ2n) is 2.30. The van der Waals surface area contributed by atoms with Gasteiger partial charge in [0, 0.05) is 6.54 Å². The molecule has 0 fully saturated rings. The van der Waals surface area contributed by atoms with Gasteiger partial charge >= 0.3 is 0 Å². The number of hydroxylamine groups is 1. The van der Waals surface area contributed by atoms with Crippen LogP contribution in [-0.2, 0) is 4.79 Å². The normalized spacial score (nSPS) is 9.18. The number of isocyanates is 1. The van der Waals surface area contributed by atoms with Crippen molar-refractivity contribution in [2.75, 3.05) is 13.1 Å². The zero-order valence-electron chi connectivity index (χ0n) is 6.55. The lowest BCUT2D eigenvalue weighted by Gasteiger charge is -1.96. The van der Waals surface area contributed by atoms with Crippen molar-refractivity contribution in [1.29, 1.82) is 0 Å². The van der Waals surface area contributed by atoms with Crippen LogP contribution in [0, 0.1) is 0 Å². The second-order valence-corrected chi connectivity index (χ2v) is 2.30. The molecule has 0 aliphatic carbocycles. The summed E-state index contributed by atoms with van der Waals surface area (Å²) in [6.45, 7) is 1.22. The van der Waals surface area contributed by atoms with Crippen LogP contribution in [0.1, 0.15) is 25.7 Å². The molecule has 0 aromatic rings. The third kappa shape index (κ3) is 9.30. The minimum absolute atomic E-state index is 0.579. The van der Waals surface area contributed by atoms with Crippen LogP contribution in [0.2, 0.25) is 0 Å². The largest absolute Gasteiger partial charge is 0.317 e. The van der Waals surface area contributed by atoms with E-state index in [-0.39, 0.29) is 0 Å². The van der Waals surface area contributed by atoms with Gasteiger partial charge in [0.1, 0.15) is 0 Å². The Morgan fingerprint density at radius 2 is 2.00 bits per heavy atom. The van der Waals surface area contributed by atoms with Gasteiger partial charge in [0.05, 0.1) is 6.54 Å². The molecule has 0 rings (SSSR count). The topological polar surface area (TPSA) is 61.7 Å². The Morgan fingerprint density at radius 1 is 1.27 bits per heavy atom. The van der Waals surface area contributed by atoms with Crippen molar-refractivity contribution in [3.63, 3.8) is 0 Å². The van der Waals surface area contributed by atoms with Crippen LogP contribution >= 0.6 is 0 Å². The number of aliphatic imine (C=N–C) groups is 1. The average molecular weight is 158 g/mol. The van der Waals surface area contributed by atoms with Crippen LogP contribution in [0.3, 0.4) is 0 Å². The number of rotatable bonds is 7. The summed E-state index contributed by atoms with van der Waals surface area (Å²) >= 11 is 0. The van der Waals surface area contributed by atoms with Gasteiger partial charge in [-0.1, -0.05) is 12.8 Å². The first kappa shape index (κ1) is 10.3. The Bertz CT molecular complexity index is 122. The van der Waals surface area contributed by atoms with E-state index >= 15 is 0 Å². The van der Waals surface area contributed by atoms with E-state index in [1.54, 1.807) is 0 Å². The molecule has 0 aliphatic heterocycles. The van der Waals surface area contributed by atoms with Crippen molar-refractivity contribution < 1.29 is 10.0 Å². The highest BCUT2D eigenvalue weighted by atomic mass is 16.5. The molecule has 64 valence electrons.